The van der Waals surface area contributed by atoms with Crippen LogP contribution in [0.1, 0.15) is 49.7 Å². The molecule has 2 fully saturated rings. The summed E-state index contributed by atoms with van der Waals surface area (Å²) in [7, 11) is 0. The van der Waals surface area contributed by atoms with Crippen molar-refractivity contribution >= 4 is 0 Å². The topological polar surface area (TPSA) is 59.3 Å². The van der Waals surface area contributed by atoms with Gasteiger partial charge in [-0.2, -0.15) is 5.26 Å². The molecule has 1 aliphatic carbocycles. The third-order valence-corrected chi connectivity index (χ3v) is 5.33. The molecule has 1 aliphatic heterocycles. The van der Waals surface area contributed by atoms with Gasteiger partial charge in [0.25, 0.3) is 0 Å². The molecule has 1 saturated carbocycles. The fourth-order valence-corrected chi connectivity index (χ4v) is 3.78. The second-order valence-corrected chi connectivity index (χ2v) is 7.17. The summed E-state index contributed by atoms with van der Waals surface area (Å²) in [5, 5.41) is 22.8. The molecule has 1 heterocycles. The second kappa shape index (κ2) is 7.44. The number of nitrogens with one attached hydrogen (secondary N) is 1. The van der Waals surface area contributed by atoms with Crippen LogP contribution in [0.15, 0.2) is 24.3 Å². The van der Waals surface area contributed by atoms with Crippen LogP contribution in [0.5, 0.6) is 0 Å². The van der Waals surface area contributed by atoms with Crippen LogP contribution >= 0.6 is 0 Å². The molecular formula is C19H27N3O. The van der Waals surface area contributed by atoms with Crippen LogP contribution in [-0.4, -0.2) is 41.3 Å². The zero-order chi connectivity index (χ0) is 16.1. The maximum absolute atomic E-state index is 10.4. The van der Waals surface area contributed by atoms with Gasteiger partial charge in [-0.05, 0) is 56.5 Å². The van der Waals surface area contributed by atoms with Gasteiger partial charge in [-0.1, -0.05) is 25.0 Å². The molecule has 1 aromatic rings. The van der Waals surface area contributed by atoms with E-state index in [1.807, 2.05) is 12.1 Å². The highest BCUT2D eigenvalue weighted by atomic mass is 16.3. The largest absolute Gasteiger partial charge is 0.389 e. The van der Waals surface area contributed by atoms with Gasteiger partial charge in [0, 0.05) is 19.1 Å². The van der Waals surface area contributed by atoms with Gasteiger partial charge in [0.15, 0.2) is 0 Å². The summed E-state index contributed by atoms with van der Waals surface area (Å²) in [5.74, 6) is 0. The maximum atomic E-state index is 10.4. The van der Waals surface area contributed by atoms with E-state index in [0.29, 0.717) is 6.04 Å². The van der Waals surface area contributed by atoms with E-state index in [1.165, 1.54) is 18.4 Å². The van der Waals surface area contributed by atoms with Crippen LogP contribution < -0.4 is 5.32 Å². The van der Waals surface area contributed by atoms with E-state index in [1.54, 1.807) is 0 Å². The molecule has 0 spiro atoms. The van der Waals surface area contributed by atoms with Gasteiger partial charge in [0.05, 0.1) is 17.2 Å². The number of likely N-dealkylation sites (tertiary alicyclic amines) is 1. The lowest BCUT2D eigenvalue weighted by Gasteiger charge is -2.34. The van der Waals surface area contributed by atoms with Crippen LogP contribution in [0.4, 0.5) is 0 Å². The van der Waals surface area contributed by atoms with Crippen LogP contribution in [0, 0.1) is 11.3 Å². The molecule has 0 unspecified atom stereocenters. The molecule has 4 heteroatoms. The molecule has 2 aliphatic rings. The van der Waals surface area contributed by atoms with Gasteiger partial charge in [0.2, 0.25) is 0 Å². The Morgan fingerprint density at radius 3 is 2.43 bits per heavy atom. The van der Waals surface area contributed by atoms with E-state index in [0.717, 1.165) is 57.4 Å². The molecular weight excluding hydrogens is 286 g/mol. The van der Waals surface area contributed by atoms with E-state index >= 15 is 0 Å². The Hall–Kier alpha value is -1.41. The SMILES string of the molecule is N#Cc1ccc(CN2CCC(NCC3(O)CCCC3)CC2)cc1. The van der Waals surface area contributed by atoms with E-state index in [9.17, 15) is 5.11 Å². The molecule has 2 N–H and O–H groups in total. The predicted molar refractivity (Wildman–Crippen MR) is 90.9 cm³/mol. The molecule has 0 radical (unpaired) electrons. The lowest BCUT2D eigenvalue weighted by molar-refractivity contribution is 0.0415. The van der Waals surface area contributed by atoms with E-state index in [-0.39, 0.29) is 0 Å². The number of nitriles is 1. The molecule has 1 aromatic carbocycles. The molecule has 0 amide bonds. The first-order valence-electron chi connectivity index (χ1n) is 8.84. The Bertz CT molecular complexity index is 535. The maximum Gasteiger partial charge on any atom is 0.0991 e. The van der Waals surface area contributed by atoms with Gasteiger partial charge >= 0.3 is 0 Å². The van der Waals surface area contributed by atoms with E-state index < -0.39 is 5.60 Å². The third kappa shape index (κ3) is 4.54. The monoisotopic (exact) mass is 313 g/mol. The lowest BCUT2D eigenvalue weighted by Crippen LogP contribution is -2.47. The summed E-state index contributed by atoms with van der Waals surface area (Å²) < 4.78 is 0. The number of nitrogens with zero attached hydrogens (tertiary/aromatic N) is 2. The molecule has 1 saturated heterocycles. The van der Waals surface area contributed by atoms with Gasteiger partial charge in [-0.15, -0.1) is 0 Å². The zero-order valence-corrected chi connectivity index (χ0v) is 13.8. The van der Waals surface area contributed by atoms with Gasteiger partial charge in [-0.3, -0.25) is 4.90 Å². The summed E-state index contributed by atoms with van der Waals surface area (Å²) in [4.78, 5) is 2.48. The van der Waals surface area contributed by atoms with Gasteiger partial charge in [0.1, 0.15) is 0 Å². The van der Waals surface area contributed by atoms with Crippen LogP contribution in [0.2, 0.25) is 0 Å². The summed E-state index contributed by atoms with van der Waals surface area (Å²) in [6.45, 7) is 3.90. The summed E-state index contributed by atoms with van der Waals surface area (Å²) >= 11 is 0. The van der Waals surface area contributed by atoms with Crippen molar-refractivity contribution < 1.29 is 5.11 Å². The highest BCUT2D eigenvalue weighted by molar-refractivity contribution is 5.31. The van der Waals surface area contributed by atoms with Crippen LogP contribution in [-0.2, 0) is 6.54 Å². The Kier molecular flexibility index (Phi) is 5.32. The zero-order valence-electron chi connectivity index (χ0n) is 13.8. The van der Waals surface area contributed by atoms with E-state index in [2.05, 4.69) is 28.4 Å². The quantitative estimate of drug-likeness (QED) is 0.876. The first-order chi connectivity index (χ1) is 11.2. The fourth-order valence-electron chi connectivity index (χ4n) is 3.78. The first-order valence-corrected chi connectivity index (χ1v) is 8.84. The Morgan fingerprint density at radius 2 is 1.83 bits per heavy atom. The minimum absolute atomic E-state index is 0.445. The Morgan fingerprint density at radius 1 is 1.17 bits per heavy atom. The summed E-state index contributed by atoms with van der Waals surface area (Å²) in [6, 6.07) is 10.6. The number of aliphatic hydroxyl groups is 1. The van der Waals surface area contributed by atoms with Crippen molar-refractivity contribution in [3.8, 4) is 6.07 Å². The number of hydrogen-bond donors (Lipinski definition) is 2. The molecule has 0 aromatic heterocycles. The van der Waals surface area contributed by atoms with Gasteiger partial charge < -0.3 is 10.4 Å². The summed E-state index contributed by atoms with van der Waals surface area (Å²) in [6.07, 6.45) is 6.54. The number of rotatable bonds is 5. The highest BCUT2D eigenvalue weighted by Gasteiger charge is 2.31. The van der Waals surface area contributed by atoms with Gasteiger partial charge in [-0.25, -0.2) is 0 Å². The van der Waals surface area contributed by atoms with Crippen molar-refractivity contribution in [2.24, 2.45) is 0 Å². The standard InChI is InChI=1S/C19H27N3O/c20-13-16-3-5-17(6-4-16)14-22-11-7-18(8-12-22)21-15-19(23)9-1-2-10-19/h3-6,18,21,23H,1-2,7-12,14-15H2. The molecule has 124 valence electrons. The number of hydrogen-bond acceptors (Lipinski definition) is 4. The molecule has 0 bridgehead atoms. The number of benzene rings is 1. The van der Waals surface area contributed by atoms with Crippen LogP contribution in [0.25, 0.3) is 0 Å². The minimum atomic E-state index is -0.445. The average Bonchev–Trinajstić information content (AvgIpc) is 3.02. The molecule has 4 nitrogen and oxygen atoms in total. The fraction of sp³-hybridized carbons (Fsp3) is 0.632. The smallest absolute Gasteiger partial charge is 0.0991 e. The number of piperidine rings is 1. The normalized spacial score (nSPS) is 22.1. The van der Waals surface area contributed by atoms with E-state index in [4.69, 9.17) is 5.26 Å². The minimum Gasteiger partial charge on any atom is -0.389 e. The third-order valence-electron chi connectivity index (χ3n) is 5.33. The molecule has 0 atom stereocenters. The van der Waals surface area contributed by atoms with Crippen molar-refractivity contribution in [2.75, 3.05) is 19.6 Å². The summed E-state index contributed by atoms with van der Waals surface area (Å²) in [5.41, 5.74) is 1.55. The van der Waals surface area contributed by atoms with Crippen molar-refractivity contribution in [1.29, 1.82) is 5.26 Å². The molecule has 23 heavy (non-hydrogen) atoms. The van der Waals surface area contributed by atoms with Crippen molar-refractivity contribution in [1.82, 2.24) is 10.2 Å². The first kappa shape index (κ1) is 16.4. The Labute approximate surface area is 139 Å². The van der Waals surface area contributed by atoms with Crippen molar-refractivity contribution in [3.05, 3.63) is 35.4 Å². The van der Waals surface area contributed by atoms with Crippen molar-refractivity contribution in [3.63, 3.8) is 0 Å². The predicted octanol–water partition coefficient (Wildman–Crippen LogP) is 2.42. The highest BCUT2D eigenvalue weighted by Crippen LogP contribution is 2.29. The van der Waals surface area contributed by atoms with Crippen LogP contribution in [0.3, 0.4) is 0 Å². The Balaban J connectivity index is 1.40. The lowest BCUT2D eigenvalue weighted by atomic mass is 9.99. The second-order valence-electron chi connectivity index (χ2n) is 7.17. The van der Waals surface area contributed by atoms with Crippen molar-refractivity contribution in [2.45, 2.75) is 56.7 Å². The average molecular weight is 313 g/mol. The molecule has 3 rings (SSSR count).